The lowest BCUT2D eigenvalue weighted by Gasteiger charge is -2.34. The van der Waals surface area contributed by atoms with Gasteiger partial charge in [-0.15, -0.1) is 11.3 Å². The van der Waals surface area contributed by atoms with Gasteiger partial charge in [0.2, 0.25) is 5.91 Å². The number of ether oxygens (including phenoxy) is 1. The van der Waals surface area contributed by atoms with Gasteiger partial charge in [0.1, 0.15) is 10.8 Å². The van der Waals surface area contributed by atoms with E-state index in [0.717, 1.165) is 65.3 Å². The molecule has 0 spiro atoms. The first kappa shape index (κ1) is 20.8. The third kappa shape index (κ3) is 5.19. The van der Waals surface area contributed by atoms with Gasteiger partial charge in [-0.05, 0) is 29.8 Å². The number of halogens is 1. The van der Waals surface area contributed by atoms with Crippen molar-refractivity contribution in [1.82, 2.24) is 14.8 Å². The zero-order valence-electron chi connectivity index (χ0n) is 16.9. The van der Waals surface area contributed by atoms with Crippen LogP contribution in [0.4, 0.5) is 0 Å². The van der Waals surface area contributed by atoms with E-state index in [4.69, 9.17) is 21.3 Å². The van der Waals surface area contributed by atoms with Gasteiger partial charge in [0.05, 0.1) is 25.8 Å². The van der Waals surface area contributed by atoms with E-state index < -0.39 is 0 Å². The fourth-order valence-electron chi connectivity index (χ4n) is 3.55. The zero-order valence-corrected chi connectivity index (χ0v) is 18.5. The number of thiazole rings is 1. The third-order valence-electron chi connectivity index (χ3n) is 5.27. The minimum absolute atomic E-state index is 0.169. The van der Waals surface area contributed by atoms with Crippen LogP contribution in [0.15, 0.2) is 53.9 Å². The highest BCUT2D eigenvalue weighted by atomic mass is 35.5. The number of rotatable bonds is 6. The van der Waals surface area contributed by atoms with Crippen molar-refractivity contribution in [3.63, 3.8) is 0 Å². The van der Waals surface area contributed by atoms with Crippen molar-refractivity contribution < 1.29 is 9.53 Å². The van der Waals surface area contributed by atoms with Crippen LogP contribution < -0.4 is 4.74 Å². The van der Waals surface area contributed by atoms with Crippen LogP contribution in [0.5, 0.6) is 5.75 Å². The van der Waals surface area contributed by atoms with Crippen LogP contribution >= 0.6 is 22.9 Å². The van der Waals surface area contributed by atoms with E-state index >= 15 is 0 Å². The Labute approximate surface area is 185 Å². The topological polar surface area (TPSA) is 45.7 Å². The fraction of sp³-hybridized carbons (Fsp3) is 0.304. The van der Waals surface area contributed by atoms with Crippen LogP contribution in [-0.4, -0.2) is 54.0 Å². The molecule has 2 heterocycles. The predicted molar refractivity (Wildman–Crippen MR) is 121 cm³/mol. The van der Waals surface area contributed by atoms with E-state index in [9.17, 15) is 4.79 Å². The summed E-state index contributed by atoms with van der Waals surface area (Å²) in [5.74, 6) is 0.953. The largest absolute Gasteiger partial charge is 0.497 e. The highest BCUT2D eigenvalue weighted by molar-refractivity contribution is 7.09. The van der Waals surface area contributed by atoms with Crippen LogP contribution in [0.1, 0.15) is 10.6 Å². The molecule has 0 unspecified atom stereocenters. The molecule has 0 atom stereocenters. The van der Waals surface area contributed by atoms with Crippen LogP contribution in [0.2, 0.25) is 5.02 Å². The summed E-state index contributed by atoms with van der Waals surface area (Å²) in [4.78, 5) is 21.8. The molecule has 0 radical (unpaired) electrons. The number of amides is 1. The maximum Gasteiger partial charge on any atom is 0.227 e. The molecule has 1 amide bonds. The smallest absolute Gasteiger partial charge is 0.227 e. The first-order valence-electron chi connectivity index (χ1n) is 9.94. The number of benzene rings is 2. The molecule has 0 bridgehead atoms. The Balaban J connectivity index is 1.28. The molecule has 0 saturated carbocycles. The van der Waals surface area contributed by atoms with Gasteiger partial charge in [0.15, 0.2) is 0 Å². The number of hydrogen-bond donors (Lipinski definition) is 0. The zero-order chi connectivity index (χ0) is 20.9. The summed E-state index contributed by atoms with van der Waals surface area (Å²) < 4.78 is 5.25. The van der Waals surface area contributed by atoms with Gasteiger partial charge in [-0.1, -0.05) is 35.9 Å². The standard InChI is InChI=1S/C23H24ClN3O2S/c1-29-20-4-2-3-17(13-20)14-23(28)27-11-9-26(10-12-27)15-22-25-21(16-30-22)18-5-7-19(24)8-6-18/h2-8,13,16H,9-12,14-15H2,1H3. The molecule has 3 aromatic rings. The molecule has 5 nitrogen and oxygen atoms in total. The second-order valence-corrected chi connectivity index (χ2v) is 8.70. The van der Waals surface area contributed by atoms with Crippen molar-refractivity contribution in [1.29, 1.82) is 0 Å². The molecule has 1 aromatic heterocycles. The van der Waals surface area contributed by atoms with Crippen molar-refractivity contribution in [2.75, 3.05) is 33.3 Å². The molecule has 156 valence electrons. The summed E-state index contributed by atoms with van der Waals surface area (Å²) in [6, 6.07) is 15.5. The van der Waals surface area contributed by atoms with Gasteiger partial charge < -0.3 is 9.64 Å². The summed E-state index contributed by atoms with van der Waals surface area (Å²) in [6.45, 7) is 4.03. The fourth-order valence-corrected chi connectivity index (χ4v) is 4.52. The number of piperazine rings is 1. The Morgan fingerprint density at radius 1 is 1.13 bits per heavy atom. The maximum atomic E-state index is 12.7. The van der Waals surface area contributed by atoms with Gasteiger partial charge in [0.25, 0.3) is 0 Å². The van der Waals surface area contributed by atoms with Crippen molar-refractivity contribution in [2.45, 2.75) is 13.0 Å². The molecule has 1 aliphatic heterocycles. The molecular formula is C23H24ClN3O2S. The molecule has 1 aliphatic rings. The number of hydrogen-bond acceptors (Lipinski definition) is 5. The number of methoxy groups -OCH3 is 1. The molecule has 0 N–H and O–H groups in total. The number of carbonyl (C=O) groups is 1. The first-order valence-corrected chi connectivity index (χ1v) is 11.2. The molecule has 30 heavy (non-hydrogen) atoms. The number of nitrogens with zero attached hydrogens (tertiary/aromatic N) is 3. The summed E-state index contributed by atoms with van der Waals surface area (Å²) in [5, 5.41) is 3.91. The quantitative estimate of drug-likeness (QED) is 0.570. The minimum atomic E-state index is 0.169. The Morgan fingerprint density at radius 2 is 1.90 bits per heavy atom. The molecule has 1 saturated heterocycles. The van der Waals surface area contributed by atoms with Gasteiger partial charge in [-0.2, -0.15) is 0 Å². The van der Waals surface area contributed by atoms with E-state index in [0.29, 0.717) is 6.42 Å². The lowest BCUT2D eigenvalue weighted by atomic mass is 10.1. The van der Waals surface area contributed by atoms with Gasteiger partial charge >= 0.3 is 0 Å². The van der Waals surface area contributed by atoms with E-state index in [2.05, 4.69) is 10.3 Å². The Bertz CT molecular complexity index is 998. The predicted octanol–water partition coefficient (Wildman–Crippen LogP) is 4.36. The first-order chi connectivity index (χ1) is 14.6. The molecule has 1 fully saturated rings. The summed E-state index contributed by atoms with van der Waals surface area (Å²) in [5.41, 5.74) is 3.05. The second kappa shape index (κ2) is 9.60. The van der Waals surface area contributed by atoms with Crippen LogP contribution in [0.3, 0.4) is 0 Å². The van der Waals surface area contributed by atoms with Crippen molar-refractivity contribution >= 4 is 28.8 Å². The monoisotopic (exact) mass is 441 g/mol. The van der Waals surface area contributed by atoms with E-state index in [-0.39, 0.29) is 5.91 Å². The summed E-state index contributed by atoms with van der Waals surface area (Å²) in [7, 11) is 1.64. The molecule has 0 aliphatic carbocycles. The van der Waals surface area contributed by atoms with E-state index in [1.165, 1.54) is 0 Å². The lowest BCUT2D eigenvalue weighted by molar-refractivity contribution is -0.132. The molecule has 2 aromatic carbocycles. The average molecular weight is 442 g/mol. The minimum Gasteiger partial charge on any atom is -0.497 e. The van der Waals surface area contributed by atoms with Crippen LogP contribution in [0, 0.1) is 0 Å². The molecule has 4 rings (SSSR count). The van der Waals surface area contributed by atoms with Crippen molar-refractivity contribution in [3.8, 4) is 17.0 Å². The highest BCUT2D eigenvalue weighted by Gasteiger charge is 2.22. The van der Waals surface area contributed by atoms with Gasteiger partial charge in [0, 0.05) is 42.1 Å². The highest BCUT2D eigenvalue weighted by Crippen LogP contribution is 2.24. The van der Waals surface area contributed by atoms with E-state index in [1.54, 1.807) is 18.4 Å². The second-order valence-electron chi connectivity index (χ2n) is 7.32. The number of aromatic nitrogens is 1. The Morgan fingerprint density at radius 3 is 2.63 bits per heavy atom. The van der Waals surface area contributed by atoms with Crippen LogP contribution in [-0.2, 0) is 17.8 Å². The maximum absolute atomic E-state index is 12.7. The van der Waals surface area contributed by atoms with Gasteiger partial charge in [-0.25, -0.2) is 4.98 Å². The SMILES string of the molecule is COc1cccc(CC(=O)N2CCN(Cc3nc(-c4ccc(Cl)cc4)cs3)CC2)c1. The van der Waals surface area contributed by atoms with Crippen molar-refractivity contribution in [2.24, 2.45) is 0 Å². The summed E-state index contributed by atoms with van der Waals surface area (Å²) in [6.07, 6.45) is 0.411. The number of carbonyl (C=O) groups excluding carboxylic acids is 1. The Hall–Kier alpha value is -2.41. The third-order valence-corrected chi connectivity index (χ3v) is 6.35. The average Bonchev–Trinajstić information content (AvgIpc) is 3.23. The van der Waals surface area contributed by atoms with Crippen LogP contribution in [0.25, 0.3) is 11.3 Å². The van der Waals surface area contributed by atoms with E-state index in [1.807, 2.05) is 53.4 Å². The molecule has 7 heteroatoms. The van der Waals surface area contributed by atoms with Crippen molar-refractivity contribution in [3.05, 3.63) is 69.5 Å². The lowest BCUT2D eigenvalue weighted by Crippen LogP contribution is -2.48. The normalized spacial score (nSPS) is 14.7. The van der Waals surface area contributed by atoms with Gasteiger partial charge in [-0.3, -0.25) is 9.69 Å². The Kier molecular flexibility index (Phi) is 6.67. The molecular weight excluding hydrogens is 418 g/mol. The summed E-state index contributed by atoms with van der Waals surface area (Å²) >= 11 is 7.64.